The summed E-state index contributed by atoms with van der Waals surface area (Å²) in [4.78, 5) is 8.58. The lowest BCUT2D eigenvalue weighted by Gasteiger charge is -1.61. The maximum Gasteiger partial charge on any atom is 0.154 e. The fourth-order valence-corrected chi connectivity index (χ4v) is 0.136. The molecule has 0 amide bonds. The van der Waals surface area contributed by atoms with E-state index in [0.29, 0.717) is 0 Å². The van der Waals surface area contributed by atoms with Crippen molar-refractivity contribution in [3.8, 4) is 0 Å². The van der Waals surface area contributed by atoms with Gasteiger partial charge < -0.3 is 5.21 Å². The van der Waals surface area contributed by atoms with Crippen molar-refractivity contribution in [1.82, 2.24) is 10.3 Å². The molecule has 5 N–H and O–H groups in total. The van der Waals surface area contributed by atoms with Crippen molar-refractivity contribution >= 4 is 0 Å². The smallest absolute Gasteiger partial charge is 0.154 e. The second-order valence-corrected chi connectivity index (χ2v) is 0.876. The van der Waals surface area contributed by atoms with Crippen molar-refractivity contribution < 1.29 is 14.9 Å². The third-order valence-corrected chi connectivity index (χ3v) is 0.283. The van der Waals surface area contributed by atoms with Gasteiger partial charge in [0.15, 0.2) is 5.03 Å². The van der Waals surface area contributed by atoms with E-state index in [-0.39, 0.29) is 0 Å². The van der Waals surface area contributed by atoms with Gasteiger partial charge in [-0.25, -0.2) is 20.6 Å². The van der Waals surface area contributed by atoms with Crippen LogP contribution in [0.5, 0.6) is 0 Å². The summed E-state index contributed by atoms with van der Waals surface area (Å²) in [6.45, 7) is 0. The summed E-state index contributed by atoms with van der Waals surface area (Å²) in [5.74, 6) is 7.33. The van der Waals surface area contributed by atoms with Crippen molar-refractivity contribution in [3.63, 3.8) is 0 Å². The zero-order valence-corrected chi connectivity index (χ0v) is 5.32. The largest absolute Gasteiger partial charge is 0.320 e. The minimum absolute atomic E-state index is 1.00. The molecule has 0 aliphatic rings. The monoisotopic (exact) mass is 165 g/mol. The summed E-state index contributed by atoms with van der Waals surface area (Å²) in [6, 6.07) is 0. The number of rotatable bonds is 0. The predicted octanol–water partition coefficient (Wildman–Crippen LogP) is -1.46. The zero-order chi connectivity index (χ0) is 9.11. The molecule has 0 bridgehead atoms. The molecule has 0 aliphatic heterocycles. The summed E-state index contributed by atoms with van der Waals surface area (Å²) in [7, 11) is 0. The fraction of sp³-hybridized carbons (Fsp3) is 0. The van der Waals surface area contributed by atoms with Crippen LogP contribution in [0.3, 0.4) is 0 Å². The van der Waals surface area contributed by atoms with Gasteiger partial charge in [0.25, 0.3) is 0 Å². The van der Waals surface area contributed by atoms with Gasteiger partial charge in [-0.2, -0.15) is 5.84 Å². The number of hydrazine groups is 1. The second-order valence-electron chi connectivity index (χ2n) is 0.876. The summed E-state index contributed by atoms with van der Waals surface area (Å²) in [5.41, 5.74) is 0. The third kappa shape index (κ3) is 30.5. The molecule has 0 saturated carbocycles. The number of aromatic nitrogens is 2. The van der Waals surface area contributed by atoms with E-state index < -0.39 is 5.03 Å². The van der Waals surface area contributed by atoms with Crippen molar-refractivity contribution in [2.24, 2.45) is 11.7 Å². The van der Waals surface area contributed by atoms with Crippen molar-refractivity contribution in [2.75, 3.05) is 0 Å². The Morgan fingerprint density at radius 3 is 1.82 bits per heavy atom. The van der Waals surface area contributed by atoms with Gasteiger partial charge in [0, 0.05) is 0 Å². The minimum Gasteiger partial charge on any atom is -0.320 e. The Bertz CT molecular complexity index is 130. The van der Waals surface area contributed by atoms with Gasteiger partial charge in [0.05, 0.1) is 12.4 Å². The summed E-state index contributed by atoms with van der Waals surface area (Å²) >= 11 is 0. The lowest BCUT2D eigenvalue weighted by molar-refractivity contribution is -0.491. The average molecular weight is 165 g/mol. The molecule has 0 unspecified atom stereocenters. The molecule has 64 valence electrons. The number of nitrogens with zero attached hydrogens (tertiary/aromatic N) is 3. The second kappa shape index (κ2) is 11.1. The SMILES string of the molecule is NO.N[N+](=O)[O-].c1cnon1. The molecule has 1 heterocycles. The van der Waals surface area contributed by atoms with E-state index >= 15 is 0 Å². The first-order chi connectivity index (χ1) is 5.23. The van der Waals surface area contributed by atoms with Crippen LogP contribution in [0.1, 0.15) is 0 Å². The van der Waals surface area contributed by atoms with Crippen LogP contribution in [0.15, 0.2) is 17.0 Å². The van der Waals surface area contributed by atoms with Crippen LogP contribution in [-0.4, -0.2) is 20.6 Å². The van der Waals surface area contributed by atoms with E-state index in [1.165, 1.54) is 12.4 Å². The van der Waals surface area contributed by atoms with Gasteiger partial charge in [-0.15, -0.1) is 0 Å². The highest BCUT2D eigenvalue weighted by Crippen LogP contribution is 1.62. The van der Waals surface area contributed by atoms with Gasteiger partial charge in [-0.1, -0.05) is 10.3 Å². The van der Waals surface area contributed by atoms with Crippen molar-refractivity contribution in [3.05, 3.63) is 22.5 Å². The first-order valence-corrected chi connectivity index (χ1v) is 2.10. The Hall–Kier alpha value is -1.74. The lowest BCUT2D eigenvalue weighted by atomic mass is 11.0. The molecular weight excluding hydrogens is 158 g/mol. The van der Waals surface area contributed by atoms with Crippen LogP contribution in [0.2, 0.25) is 0 Å². The van der Waals surface area contributed by atoms with Gasteiger partial charge in [-0.3, -0.25) is 0 Å². The van der Waals surface area contributed by atoms with Crippen LogP contribution < -0.4 is 11.7 Å². The van der Waals surface area contributed by atoms with E-state index in [1.807, 2.05) is 0 Å². The van der Waals surface area contributed by atoms with Gasteiger partial charge >= 0.3 is 0 Å². The number of hydrogen-bond donors (Lipinski definition) is 3. The molecule has 0 aromatic carbocycles. The van der Waals surface area contributed by atoms with E-state index in [9.17, 15) is 0 Å². The van der Waals surface area contributed by atoms with Crippen LogP contribution in [0.4, 0.5) is 0 Å². The first kappa shape index (κ1) is 12.0. The number of hydrogen-bond acceptors (Lipinski definition) is 7. The normalized spacial score (nSPS) is 6.36. The molecule has 11 heavy (non-hydrogen) atoms. The fourth-order valence-electron chi connectivity index (χ4n) is 0.136. The Kier molecular flexibility index (Phi) is 12.1. The topological polar surface area (TPSA) is 154 Å². The standard InChI is InChI=1S/C2H2N2O.H2N2O2.H3NO/c1-2-4-5-3-1;1-2(3)4;1-2/h1-2H;1H2;2H,1H2. The Balaban J connectivity index is 0. The third-order valence-electron chi connectivity index (χ3n) is 0.283. The number of nitro groups is 1. The molecule has 0 radical (unpaired) electrons. The van der Waals surface area contributed by atoms with Crippen molar-refractivity contribution in [2.45, 2.75) is 0 Å². The summed E-state index contributed by atoms with van der Waals surface area (Å²) in [5, 5.41) is 20.6. The van der Waals surface area contributed by atoms with Gasteiger partial charge in [-0.05, 0) is 0 Å². The van der Waals surface area contributed by atoms with E-state index in [0.717, 1.165) is 0 Å². The van der Waals surface area contributed by atoms with Gasteiger partial charge in [0.1, 0.15) is 0 Å². The molecule has 0 saturated heterocycles. The molecule has 1 aromatic heterocycles. The highest BCUT2D eigenvalue weighted by Gasteiger charge is 1.61. The van der Waals surface area contributed by atoms with E-state index in [4.69, 9.17) is 15.3 Å². The number of nitrogens with two attached hydrogens (primary N) is 2. The Morgan fingerprint density at radius 2 is 1.73 bits per heavy atom. The molecule has 0 fully saturated rings. The highest BCUT2D eigenvalue weighted by atomic mass is 16.7. The molecular formula is C2H7N5O4. The van der Waals surface area contributed by atoms with Crippen molar-refractivity contribution in [1.29, 1.82) is 0 Å². The zero-order valence-electron chi connectivity index (χ0n) is 5.32. The molecule has 0 aliphatic carbocycles. The predicted molar refractivity (Wildman–Crippen MR) is 31.5 cm³/mol. The van der Waals surface area contributed by atoms with E-state index in [1.54, 1.807) is 0 Å². The quantitative estimate of drug-likeness (QED) is 0.239. The highest BCUT2D eigenvalue weighted by molar-refractivity contribution is 4.51. The van der Waals surface area contributed by atoms with Crippen LogP contribution in [0, 0.1) is 10.1 Å². The molecule has 9 nitrogen and oxygen atoms in total. The Labute approximate surface area is 60.6 Å². The Morgan fingerprint density at radius 1 is 1.45 bits per heavy atom. The summed E-state index contributed by atoms with van der Waals surface area (Å²) in [6.07, 6.45) is 2.94. The van der Waals surface area contributed by atoms with Gasteiger partial charge in [0.2, 0.25) is 0 Å². The molecule has 1 rings (SSSR count). The van der Waals surface area contributed by atoms with Crippen LogP contribution in [-0.2, 0) is 0 Å². The first-order valence-electron chi connectivity index (χ1n) is 2.10. The average Bonchev–Trinajstić information content (AvgIpc) is 2.44. The van der Waals surface area contributed by atoms with Crippen LogP contribution in [0.25, 0.3) is 0 Å². The summed E-state index contributed by atoms with van der Waals surface area (Å²) < 4.78 is 4.08. The molecule has 9 heteroatoms. The minimum atomic E-state index is -1.00. The maximum absolute atomic E-state index is 8.58. The van der Waals surface area contributed by atoms with E-state index in [2.05, 4.69) is 26.7 Å². The maximum atomic E-state index is 8.58. The van der Waals surface area contributed by atoms with Crippen LogP contribution >= 0.6 is 0 Å². The molecule has 1 aromatic rings. The lowest BCUT2D eigenvalue weighted by Crippen LogP contribution is -2.04. The molecule has 0 spiro atoms. The molecule has 0 atom stereocenters.